The van der Waals surface area contributed by atoms with Gasteiger partial charge in [-0.15, -0.1) is 0 Å². The summed E-state index contributed by atoms with van der Waals surface area (Å²) in [4.78, 5) is 24.2. The van der Waals surface area contributed by atoms with Gasteiger partial charge in [0.25, 0.3) is 0 Å². The Bertz CT molecular complexity index is 674. The number of unbranched alkanes of at least 4 members (excludes halogenated alkanes) is 5. The van der Waals surface area contributed by atoms with Gasteiger partial charge in [-0.25, -0.2) is 4.79 Å². The number of hydrogen-bond donors (Lipinski definition) is 2. The van der Waals surface area contributed by atoms with Gasteiger partial charge in [0, 0.05) is 0 Å². The van der Waals surface area contributed by atoms with E-state index in [2.05, 4.69) is 6.92 Å². The van der Waals surface area contributed by atoms with Gasteiger partial charge < -0.3 is 15.6 Å². The van der Waals surface area contributed by atoms with E-state index in [0.29, 0.717) is 17.9 Å². The van der Waals surface area contributed by atoms with Crippen LogP contribution in [0.25, 0.3) is 0 Å². The molecule has 1 aromatic rings. The molecular weight excluding hydrogens is 350 g/mol. The number of carboxylic acid groups (broad SMARTS) is 1. The zero-order valence-corrected chi connectivity index (χ0v) is 16.0. The van der Waals surface area contributed by atoms with Crippen LogP contribution in [0, 0.1) is 0 Å². The fourth-order valence-corrected chi connectivity index (χ4v) is 4.23. The minimum Gasteiger partial charge on any atom is -0.478 e. The summed E-state index contributed by atoms with van der Waals surface area (Å²) < 4.78 is 4.76. The maximum atomic E-state index is 12.9. The van der Waals surface area contributed by atoms with Crippen molar-refractivity contribution in [3.63, 3.8) is 0 Å². The number of benzene rings is 1. The van der Waals surface area contributed by atoms with E-state index in [1.54, 1.807) is 12.1 Å². The van der Waals surface area contributed by atoms with E-state index in [-0.39, 0.29) is 11.3 Å². The van der Waals surface area contributed by atoms with Crippen LogP contribution in [0.3, 0.4) is 0 Å². The monoisotopic (exact) mass is 377 g/mol. The zero-order chi connectivity index (χ0) is 19.0. The second kappa shape index (κ2) is 9.67. The molecule has 0 aliphatic carbocycles. The van der Waals surface area contributed by atoms with Gasteiger partial charge in [0.15, 0.2) is 0 Å². The van der Waals surface area contributed by atoms with Crippen molar-refractivity contribution in [2.24, 2.45) is 5.73 Å². The molecule has 0 bridgehead atoms. The Kier molecular flexibility index (Phi) is 7.57. The van der Waals surface area contributed by atoms with Crippen molar-refractivity contribution in [1.82, 2.24) is 0 Å². The number of thioether (sulfide) groups is 1. The van der Waals surface area contributed by atoms with Crippen molar-refractivity contribution < 1.29 is 19.4 Å². The van der Waals surface area contributed by atoms with E-state index >= 15 is 0 Å². The first-order chi connectivity index (χ1) is 12.5. The van der Waals surface area contributed by atoms with Crippen LogP contribution >= 0.6 is 11.8 Å². The molecule has 0 spiro atoms. The SMILES string of the molecule is CCCCCCCCC1(C(=O)Oc2ccccc2C(=O)O)CC=C(N)S1. The first-order valence-corrected chi connectivity index (χ1v) is 9.99. The van der Waals surface area contributed by atoms with Gasteiger partial charge >= 0.3 is 11.9 Å². The molecule has 3 N–H and O–H groups in total. The largest absolute Gasteiger partial charge is 0.478 e. The van der Waals surface area contributed by atoms with Crippen molar-refractivity contribution in [1.29, 1.82) is 0 Å². The van der Waals surface area contributed by atoms with Gasteiger partial charge in [-0.2, -0.15) is 0 Å². The fraction of sp³-hybridized carbons (Fsp3) is 0.500. The molecule has 1 aliphatic heterocycles. The van der Waals surface area contributed by atoms with E-state index < -0.39 is 16.7 Å². The number of aromatic carboxylic acids is 1. The molecule has 0 fully saturated rings. The van der Waals surface area contributed by atoms with Crippen molar-refractivity contribution in [3.05, 3.63) is 40.9 Å². The Morgan fingerprint density at radius 1 is 1.19 bits per heavy atom. The van der Waals surface area contributed by atoms with E-state index in [9.17, 15) is 14.7 Å². The van der Waals surface area contributed by atoms with Crippen molar-refractivity contribution in [2.75, 3.05) is 0 Å². The van der Waals surface area contributed by atoms with Crippen LogP contribution in [-0.2, 0) is 4.79 Å². The van der Waals surface area contributed by atoms with Crippen LogP contribution < -0.4 is 10.5 Å². The molecule has 1 aromatic carbocycles. The molecule has 0 radical (unpaired) electrons. The van der Waals surface area contributed by atoms with Crippen LogP contribution in [0.15, 0.2) is 35.4 Å². The van der Waals surface area contributed by atoms with Crippen LogP contribution in [0.1, 0.15) is 68.6 Å². The second-order valence-electron chi connectivity index (χ2n) is 6.62. The second-order valence-corrected chi connectivity index (χ2v) is 8.07. The number of para-hydroxylation sites is 1. The topological polar surface area (TPSA) is 89.6 Å². The molecule has 1 heterocycles. The minimum absolute atomic E-state index is 0.0144. The molecule has 1 atom stereocenters. The number of carbonyl (C=O) groups is 2. The van der Waals surface area contributed by atoms with Crippen LogP contribution in [-0.4, -0.2) is 21.8 Å². The molecule has 0 saturated heterocycles. The van der Waals surface area contributed by atoms with Gasteiger partial charge in [0.1, 0.15) is 16.1 Å². The van der Waals surface area contributed by atoms with Gasteiger partial charge in [-0.1, -0.05) is 75.4 Å². The number of rotatable bonds is 10. The highest BCUT2D eigenvalue weighted by molar-refractivity contribution is 8.05. The third-order valence-electron chi connectivity index (χ3n) is 4.57. The van der Waals surface area contributed by atoms with Gasteiger partial charge in [0.05, 0.1) is 5.03 Å². The van der Waals surface area contributed by atoms with Crippen molar-refractivity contribution in [3.8, 4) is 5.75 Å². The maximum absolute atomic E-state index is 12.9. The molecule has 0 saturated carbocycles. The van der Waals surface area contributed by atoms with Gasteiger partial charge in [-0.3, -0.25) is 4.79 Å². The normalized spacial score (nSPS) is 19.2. The third-order valence-corrected chi connectivity index (χ3v) is 5.90. The molecule has 142 valence electrons. The number of esters is 1. The minimum atomic E-state index is -1.12. The van der Waals surface area contributed by atoms with Crippen molar-refractivity contribution in [2.45, 2.75) is 63.0 Å². The number of carbonyl (C=O) groups excluding carboxylic acids is 1. The molecule has 2 rings (SSSR count). The molecule has 26 heavy (non-hydrogen) atoms. The Labute approximate surface area is 159 Å². The highest BCUT2D eigenvalue weighted by Crippen LogP contribution is 2.44. The molecule has 0 amide bonds. The number of ether oxygens (including phenoxy) is 1. The molecule has 5 nitrogen and oxygen atoms in total. The van der Waals surface area contributed by atoms with Gasteiger partial charge in [-0.05, 0) is 25.0 Å². The molecule has 0 aromatic heterocycles. The summed E-state index contributed by atoms with van der Waals surface area (Å²) in [6.07, 6.45) is 9.86. The first-order valence-electron chi connectivity index (χ1n) is 9.18. The average molecular weight is 378 g/mol. The average Bonchev–Trinajstić information content (AvgIpc) is 3.00. The Morgan fingerprint density at radius 2 is 1.88 bits per heavy atom. The number of allylic oxidation sites excluding steroid dienone is 1. The summed E-state index contributed by atoms with van der Waals surface area (Å²) in [5, 5.41) is 9.89. The van der Waals surface area contributed by atoms with E-state index in [0.717, 1.165) is 19.3 Å². The maximum Gasteiger partial charge on any atom is 0.339 e. The predicted molar refractivity (Wildman–Crippen MR) is 104 cm³/mol. The highest BCUT2D eigenvalue weighted by atomic mass is 32.2. The lowest BCUT2D eigenvalue weighted by atomic mass is 9.96. The van der Waals surface area contributed by atoms with Crippen LogP contribution in [0.5, 0.6) is 5.75 Å². The Morgan fingerprint density at radius 3 is 2.54 bits per heavy atom. The standard InChI is InChI=1S/C20H27NO4S/c1-2-3-4-5-6-9-13-20(14-12-17(21)26-20)19(24)25-16-11-8-7-10-15(16)18(22)23/h7-8,10-12H,2-6,9,13-14,21H2,1H3,(H,22,23). The number of hydrogen-bond acceptors (Lipinski definition) is 5. The van der Waals surface area contributed by atoms with Crippen LogP contribution in [0.2, 0.25) is 0 Å². The molecule has 1 aliphatic rings. The summed E-state index contributed by atoms with van der Waals surface area (Å²) in [5.74, 6) is -1.45. The van der Waals surface area contributed by atoms with Crippen molar-refractivity contribution >= 4 is 23.7 Å². The van der Waals surface area contributed by atoms with E-state index in [1.807, 2.05) is 6.08 Å². The summed E-state index contributed by atoms with van der Waals surface area (Å²) in [5.41, 5.74) is 5.90. The third kappa shape index (κ3) is 5.27. The molecule has 1 unspecified atom stereocenters. The lowest BCUT2D eigenvalue weighted by molar-refractivity contribution is -0.137. The highest BCUT2D eigenvalue weighted by Gasteiger charge is 2.44. The Hall–Kier alpha value is -1.95. The molecule has 6 heteroatoms. The predicted octanol–water partition coefficient (Wildman–Crippen LogP) is 4.72. The first kappa shape index (κ1) is 20.4. The Balaban J connectivity index is 2.02. The quantitative estimate of drug-likeness (QED) is 0.348. The lowest BCUT2D eigenvalue weighted by Gasteiger charge is -2.26. The fourth-order valence-electron chi connectivity index (χ4n) is 3.07. The zero-order valence-electron chi connectivity index (χ0n) is 15.2. The number of nitrogens with two attached hydrogens (primary N) is 1. The smallest absolute Gasteiger partial charge is 0.339 e. The summed E-state index contributed by atoms with van der Waals surface area (Å²) >= 11 is 1.34. The van der Waals surface area contributed by atoms with Gasteiger partial charge in [0.2, 0.25) is 0 Å². The lowest BCUT2D eigenvalue weighted by Crippen LogP contribution is -2.37. The molecular formula is C20H27NO4S. The summed E-state index contributed by atoms with van der Waals surface area (Å²) in [6, 6.07) is 6.20. The van der Waals surface area contributed by atoms with E-state index in [1.165, 1.54) is 43.2 Å². The summed E-state index contributed by atoms with van der Waals surface area (Å²) in [6.45, 7) is 2.18. The van der Waals surface area contributed by atoms with E-state index in [4.69, 9.17) is 10.5 Å². The van der Waals surface area contributed by atoms with Crippen LogP contribution in [0.4, 0.5) is 0 Å². The number of carboxylic acids is 1. The summed E-state index contributed by atoms with van der Waals surface area (Å²) in [7, 11) is 0.